The van der Waals surface area contributed by atoms with Gasteiger partial charge in [0, 0.05) is 23.1 Å². The smallest absolute Gasteiger partial charge is 0.196 e. The molecule has 132 valence electrons. The number of ketones is 1. The van der Waals surface area contributed by atoms with Gasteiger partial charge in [-0.1, -0.05) is 19.1 Å². The number of halogens is 1. The van der Waals surface area contributed by atoms with Crippen LogP contribution in [-0.2, 0) is 6.42 Å². The number of benzene rings is 2. The van der Waals surface area contributed by atoms with E-state index in [1.54, 1.807) is 19.1 Å². The third-order valence-corrected chi connectivity index (χ3v) is 4.14. The zero-order valence-corrected chi connectivity index (χ0v) is 15.3. The summed E-state index contributed by atoms with van der Waals surface area (Å²) >= 11 is 0. The van der Waals surface area contributed by atoms with E-state index in [2.05, 4.69) is 15.3 Å². The lowest BCUT2D eigenvalue weighted by Crippen LogP contribution is -2.00. The van der Waals surface area contributed by atoms with Gasteiger partial charge in [-0.15, -0.1) is 12.4 Å². The van der Waals surface area contributed by atoms with Crippen LogP contribution in [0.2, 0.25) is 0 Å². The van der Waals surface area contributed by atoms with Crippen molar-refractivity contribution >= 4 is 51.8 Å². The van der Waals surface area contributed by atoms with Gasteiger partial charge in [-0.2, -0.15) is 0 Å². The number of hydrogen-bond acceptors (Lipinski definition) is 5. The third-order valence-electron chi connectivity index (χ3n) is 4.14. The van der Waals surface area contributed by atoms with Crippen molar-refractivity contribution in [3.05, 3.63) is 59.9 Å². The Kier molecular flexibility index (Phi) is 4.91. The number of Topliss-reactive ketones (excluding diaryl/α,β-unsaturated/α-hetero) is 1. The van der Waals surface area contributed by atoms with E-state index in [0.717, 1.165) is 34.4 Å². The largest absolute Gasteiger partial charge is 0.450 e. The van der Waals surface area contributed by atoms with Gasteiger partial charge in [0.15, 0.2) is 17.2 Å². The molecule has 1 N–H and O–H groups in total. The quantitative estimate of drug-likeness (QED) is 0.495. The Morgan fingerprint density at radius 3 is 2.50 bits per heavy atom. The van der Waals surface area contributed by atoms with Crippen molar-refractivity contribution in [2.24, 2.45) is 0 Å². The number of furan rings is 1. The first-order chi connectivity index (χ1) is 12.2. The lowest BCUT2D eigenvalue weighted by molar-refractivity contribution is 0.101. The minimum atomic E-state index is 0. The normalized spacial score (nSPS) is 10.7. The van der Waals surface area contributed by atoms with Crippen molar-refractivity contribution < 1.29 is 9.21 Å². The maximum atomic E-state index is 11.4. The Labute approximate surface area is 156 Å². The number of para-hydroxylation sites is 1. The fourth-order valence-corrected chi connectivity index (χ4v) is 2.81. The highest BCUT2D eigenvalue weighted by molar-refractivity contribution is 6.06. The van der Waals surface area contributed by atoms with Crippen LogP contribution in [0.15, 0.2) is 52.9 Å². The standard InChI is InChI=1S/C20H17N3O2.ClH/c1-3-17-22-18-15-6-4-5-7-16(15)25-19(18)20(23-17)21-14-10-8-13(9-11-14)12(2)24;/h4-11H,3H2,1-2H3,(H,21,22,23);1H. The van der Waals surface area contributed by atoms with Gasteiger partial charge in [0.1, 0.15) is 16.9 Å². The lowest BCUT2D eigenvalue weighted by atomic mass is 10.1. The van der Waals surface area contributed by atoms with E-state index < -0.39 is 0 Å². The van der Waals surface area contributed by atoms with Crippen LogP contribution in [0.5, 0.6) is 0 Å². The van der Waals surface area contributed by atoms with Crippen LogP contribution < -0.4 is 5.32 Å². The minimum Gasteiger partial charge on any atom is -0.450 e. The third kappa shape index (κ3) is 3.13. The average molecular weight is 368 g/mol. The maximum absolute atomic E-state index is 11.4. The number of rotatable bonds is 4. The van der Waals surface area contributed by atoms with Crippen LogP contribution in [0.4, 0.5) is 11.5 Å². The molecular formula is C20H18ClN3O2. The molecule has 2 aromatic heterocycles. The zero-order valence-electron chi connectivity index (χ0n) is 14.4. The maximum Gasteiger partial charge on any atom is 0.196 e. The molecule has 0 aliphatic carbocycles. The monoisotopic (exact) mass is 367 g/mol. The first-order valence-electron chi connectivity index (χ1n) is 8.22. The molecule has 0 amide bonds. The number of nitrogens with zero attached hydrogens (tertiary/aromatic N) is 2. The van der Waals surface area contributed by atoms with Crippen molar-refractivity contribution in [3.63, 3.8) is 0 Å². The van der Waals surface area contributed by atoms with Gasteiger partial charge in [0.2, 0.25) is 0 Å². The second-order valence-corrected chi connectivity index (χ2v) is 5.88. The Balaban J connectivity index is 0.00000196. The van der Waals surface area contributed by atoms with Crippen LogP contribution in [0.3, 0.4) is 0 Å². The van der Waals surface area contributed by atoms with Crippen LogP contribution in [0.25, 0.3) is 22.1 Å². The molecule has 2 heterocycles. The van der Waals surface area contributed by atoms with Crippen molar-refractivity contribution in [1.29, 1.82) is 0 Å². The second-order valence-electron chi connectivity index (χ2n) is 5.88. The van der Waals surface area contributed by atoms with E-state index in [4.69, 9.17) is 4.42 Å². The molecule has 0 radical (unpaired) electrons. The molecule has 6 heteroatoms. The first-order valence-corrected chi connectivity index (χ1v) is 8.22. The average Bonchev–Trinajstić information content (AvgIpc) is 3.01. The van der Waals surface area contributed by atoms with Crippen molar-refractivity contribution in [1.82, 2.24) is 9.97 Å². The molecule has 0 aliphatic rings. The Morgan fingerprint density at radius 1 is 1.08 bits per heavy atom. The zero-order chi connectivity index (χ0) is 17.4. The lowest BCUT2D eigenvalue weighted by Gasteiger charge is -2.08. The van der Waals surface area contributed by atoms with Gasteiger partial charge in [-0.3, -0.25) is 4.79 Å². The fraction of sp³-hybridized carbons (Fsp3) is 0.150. The number of fused-ring (bicyclic) bond motifs is 3. The highest BCUT2D eigenvalue weighted by Crippen LogP contribution is 2.32. The van der Waals surface area contributed by atoms with E-state index in [1.165, 1.54) is 0 Å². The molecule has 26 heavy (non-hydrogen) atoms. The van der Waals surface area contributed by atoms with Crippen molar-refractivity contribution in [3.8, 4) is 0 Å². The summed E-state index contributed by atoms with van der Waals surface area (Å²) in [6.45, 7) is 3.58. The Morgan fingerprint density at radius 2 is 1.81 bits per heavy atom. The molecule has 0 unspecified atom stereocenters. The van der Waals surface area contributed by atoms with Gasteiger partial charge >= 0.3 is 0 Å². The number of aromatic nitrogens is 2. The topological polar surface area (TPSA) is 68.0 Å². The molecule has 4 aromatic rings. The van der Waals surface area contributed by atoms with Crippen LogP contribution in [0, 0.1) is 0 Å². The summed E-state index contributed by atoms with van der Waals surface area (Å²) in [4.78, 5) is 20.6. The molecule has 0 saturated heterocycles. The molecule has 2 aromatic carbocycles. The van der Waals surface area contributed by atoms with Gasteiger partial charge in [0.05, 0.1) is 0 Å². The Hall–Kier alpha value is -2.92. The molecule has 0 aliphatic heterocycles. The van der Waals surface area contributed by atoms with Crippen LogP contribution in [-0.4, -0.2) is 15.8 Å². The molecule has 0 bridgehead atoms. The summed E-state index contributed by atoms with van der Waals surface area (Å²) < 4.78 is 5.98. The highest BCUT2D eigenvalue weighted by atomic mass is 35.5. The highest BCUT2D eigenvalue weighted by Gasteiger charge is 2.15. The fourth-order valence-electron chi connectivity index (χ4n) is 2.81. The summed E-state index contributed by atoms with van der Waals surface area (Å²) in [5, 5.41) is 4.27. The van der Waals surface area contributed by atoms with Gasteiger partial charge in [-0.05, 0) is 43.3 Å². The van der Waals surface area contributed by atoms with Gasteiger partial charge in [0.25, 0.3) is 0 Å². The number of nitrogens with one attached hydrogen (secondary N) is 1. The summed E-state index contributed by atoms with van der Waals surface area (Å²) in [6, 6.07) is 15.1. The van der Waals surface area contributed by atoms with E-state index in [9.17, 15) is 4.79 Å². The summed E-state index contributed by atoms with van der Waals surface area (Å²) in [5.74, 6) is 1.43. The van der Waals surface area contributed by atoms with E-state index in [1.807, 2.05) is 43.3 Å². The van der Waals surface area contributed by atoms with Crippen molar-refractivity contribution in [2.75, 3.05) is 5.32 Å². The van der Waals surface area contributed by atoms with Gasteiger partial charge < -0.3 is 9.73 Å². The van der Waals surface area contributed by atoms with Crippen LogP contribution >= 0.6 is 12.4 Å². The second kappa shape index (κ2) is 7.14. The summed E-state index contributed by atoms with van der Waals surface area (Å²) in [5.41, 5.74) is 3.75. The van der Waals surface area contributed by atoms with Gasteiger partial charge in [-0.25, -0.2) is 9.97 Å². The van der Waals surface area contributed by atoms with E-state index >= 15 is 0 Å². The number of aryl methyl sites for hydroxylation is 1. The van der Waals surface area contributed by atoms with Crippen LogP contribution in [0.1, 0.15) is 30.0 Å². The Bertz CT molecular complexity index is 1090. The molecule has 4 rings (SSSR count). The molecule has 5 nitrogen and oxygen atoms in total. The SMILES string of the molecule is CCc1nc(Nc2ccc(C(C)=O)cc2)c2oc3ccccc3c2n1.Cl. The van der Waals surface area contributed by atoms with E-state index in [0.29, 0.717) is 17.0 Å². The van der Waals surface area contributed by atoms with Crippen molar-refractivity contribution in [2.45, 2.75) is 20.3 Å². The number of carbonyl (C=O) groups excluding carboxylic acids is 1. The number of anilines is 2. The van der Waals surface area contributed by atoms with E-state index in [-0.39, 0.29) is 18.2 Å². The molecular weight excluding hydrogens is 350 g/mol. The molecule has 0 saturated carbocycles. The number of carbonyl (C=O) groups is 1. The predicted molar refractivity (Wildman–Crippen MR) is 106 cm³/mol. The number of hydrogen-bond donors (Lipinski definition) is 1. The predicted octanol–water partition coefficient (Wildman–Crippen LogP) is 5.31. The molecule has 0 fully saturated rings. The summed E-state index contributed by atoms with van der Waals surface area (Å²) in [6.07, 6.45) is 0.730. The summed E-state index contributed by atoms with van der Waals surface area (Å²) in [7, 11) is 0. The first kappa shape index (κ1) is 17.9. The molecule has 0 spiro atoms. The molecule has 0 atom stereocenters. The minimum absolute atomic E-state index is 0.